The van der Waals surface area contributed by atoms with E-state index in [9.17, 15) is 22.8 Å². The number of carboxylic acid groups (broad SMARTS) is 1. The van der Waals surface area contributed by atoms with Crippen molar-refractivity contribution in [1.82, 2.24) is 4.90 Å². The van der Waals surface area contributed by atoms with E-state index in [0.717, 1.165) is 23.1 Å². The zero-order valence-corrected chi connectivity index (χ0v) is 10.6. The van der Waals surface area contributed by atoms with E-state index < -0.39 is 29.2 Å². The number of carbonyl (C=O) groups is 2. The second-order valence-corrected chi connectivity index (χ2v) is 4.86. The van der Waals surface area contributed by atoms with Gasteiger partial charge in [0.15, 0.2) is 0 Å². The van der Waals surface area contributed by atoms with Crippen LogP contribution in [0.4, 0.5) is 13.2 Å². The Balaban J connectivity index is 2.29. The van der Waals surface area contributed by atoms with Gasteiger partial charge in [0.1, 0.15) is 5.54 Å². The highest BCUT2D eigenvalue weighted by Gasteiger charge is 2.50. The Morgan fingerprint density at radius 3 is 2.45 bits per heavy atom. The Labute approximate surface area is 112 Å². The fourth-order valence-corrected chi connectivity index (χ4v) is 2.09. The lowest BCUT2D eigenvalue weighted by Crippen LogP contribution is -2.64. The van der Waals surface area contributed by atoms with E-state index in [-0.39, 0.29) is 18.5 Å². The Kier molecular flexibility index (Phi) is 3.23. The van der Waals surface area contributed by atoms with E-state index in [0.29, 0.717) is 0 Å². The fourth-order valence-electron chi connectivity index (χ4n) is 2.09. The molecular weight excluding hydrogens is 275 g/mol. The highest BCUT2D eigenvalue weighted by Crippen LogP contribution is 2.34. The molecule has 0 radical (unpaired) electrons. The van der Waals surface area contributed by atoms with Crippen molar-refractivity contribution in [2.75, 3.05) is 6.54 Å². The molecule has 20 heavy (non-hydrogen) atoms. The number of amides is 1. The maximum Gasteiger partial charge on any atom is 0.416 e. The van der Waals surface area contributed by atoms with Gasteiger partial charge in [0.25, 0.3) is 5.91 Å². The third-order valence-electron chi connectivity index (χ3n) is 3.56. The Morgan fingerprint density at radius 1 is 1.35 bits per heavy atom. The first-order valence-corrected chi connectivity index (χ1v) is 5.89. The number of halogens is 3. The maximum atomic E-state index is 12.6. The number of nitrogens with zero attached hydrogens (tertiary/aromatic N) is 1. The smallest absolute Gasteiger partial charge is 0.416 e. The van der Waals surface area contributed by atoms with Gasteiger partial charge in [-0.25, -0.2) is 4.79 Å². The first-order chi connectivity index (χ1) is 9.16. The van der Waals surface area contributed by atoms with Crippen LogP contribution < -0.4 is 0 Å². The average molecular weight is 287 g/mol. The number of rotatable bonds is 2. The Bertz CT molecular complexity index is 570. The van der Waals surface area contributed by atoms with Gasteiger partial charge in [0.2, 0.25) is 0 Å². The van der Waals surface area contributed by atoms with E-state index >= 15 is 0 Å². The third kappa shape index (κ3) is 2.23. The van der Waals surface area contributed by atoms with Gasteiger partial charge in [-0.1, -0.05) is 6.07 Å². The van der Waals surface area contributed by atoms with Crippen LogP contribution in [0.25, 0.3) is 0 Å². The van der Waals surface area contributed by atoms with Gasteiger partial charge in [-0.15, -0.1) is 0 Å². The lowest BCUT2D eigenvalue weighted by atomic mass is 9.86. The van der Waals surface area contributed by atoms with E-state index in [1.165, 1.54) is 13.0 Å². The highest BCUT2D eigenvalue weighted by molar-refractivity contribution is 5.99. The average Bonchev–Trinajstić information content (AvgIpc) is 2.35. The first-order valence-electron chi connectivity index (χ1n) is 5.89. The van der Waals surface area contributed by atoms with Gasteiger partial charge in [-0.2, -0.15) is 13.2 Å². The number of benzene rings is 1. The monoisotopic (exact) mass is 287 g/mol. The molecule has 1 N–H and O–H groups in total. The molecule has 2 rings (SSSR count). The van der Waals surface area contributed by atoms with Gasteiger partial charge in [0, 0.05) is 12.1 Å². The minimum atomic E-state index is -4.54. The number of hydrogen-bond acceptors (Lipinski definition) is 2. The molecule has 1 unspecified atom stereocenters. The predicted octanol–water partition coefficient (Wildman–Crippen LogP) is 2.39. The molecule has 0 aliphatic carbocycles. The summed E-state index contributed by atoms with van der Waals surface area (Å²) in [5.41, 5.74) is -2.43. The summed E-state index contributed by atoms with van der Waals surface area (Å²) in [6.45, 7) is 1.60. The van der Waals surface area contributed by atoms with Crippen molar-refractivity contribution in [3.05, 3.63) is 35.4 Å². The maximum absolute atomic E-state index is 12.6. The van der Waals surface area contributed by atoms with Crippen LogP contribution in [-0.4, -0.2) is 34.0 Å². The Hall–Kier alpha value is -2.05. The van der Waals surface area contributed by atoms with Gasteiger partial charge in [0.05, 0.1) is 5.56 Å². The normalized spacial score (nSPS) is 22.3. The lowest BCUT2D eigenvalue weighted by Gasteiger charge is -2.47. The van der Waals surface area contributed by atoms with Crippen LogP contribution in [0, 0.1) is 0 Å². The molecule has 1 heterocycles. The minimum absolute atomic E-state index is 0.160. The topological polar surface area (TPSA) is 57.6 Å². The van der Waals surface area contributed by atoms with Crippen LogP contribution in [-0.2, 0) is 11.0 Å². The van der Waals surface area contributed by atoms with Crippen molar-refractivity contribution in [3.8, 4) is 0 Å². The first kappa shape index (κ1) is 14.4. The Morgan fingerprint density at radius 2 is 2.00 bits per heavy atom. The molecule has 1 aliphatic heterocycles. The highest BCUT2D eigenvalue weighted by atomic mass is 19.4. The van der Waals surface area contributed by atoms with Gasteiger partial charge >= 0.3 is 12.1 Å². The second-order valence-electron chi connectivity index (χ2n) is 4.86. The summed E-state index contributed by atoms with van der Waals surface area (Å²) in [4.78, 5) is 24.3. The zero-order valence-electron chi connectivity index (χ0n) is 10.6. The fraction of sp³-hybridized carbons (Fsp3) is 0.385. The van der Waals surface area contributed by atoms with E-state index in [1.807, 2.05) is 0 Å². The summed E-state index contributed by atoms with van der Waals surface area (Å²) < 4.78 is 37.8. The number of likely N-dealkylation sites (tertiary alicyclic amines) is 1. The van der Waals surface area contributed by atoms with Crippen LogP contribution >= 0.6 is 0 Å². The van der Waals surface area contributed by atoms with Crippen LogP contribution in [0.2, 0.25) is 0 Å². The second kappa shape index (κ2) is 4.50. The summed E-state index contributed by atoms with van der Waals surface area (Å²) in [6, 6.07) is 3.98. The van der Waals surface area contributed by atoms with Crippen LogP contribution in [0.15, 0.2) is 24.3 Å². The molecule has 0 saturated carbocycles. The summed E-state index contributed by atoms with van der Waals surface area (Å²) in [5.74, 6) is -1.86. The largest absolute Gasteiger partial charge is 0.480 e. The minimum Gasteiger partial charge on any atom is -0.480 e. The summed E-state index contributed by atoms with van der Waals surface area (Å²) >= 11 is 0. The van der Waals surface area contributed by atoms with Gasteiger partial charge in [-0.3, -0.25) is 4.79 Å². The summed E-state index contributed by atoms with van der Waals surface area (Å²) in [5, 5.41) is 9.07. The van der Waals surface area contributed by atoms with Crippen molar-refractivity contribution >= 4 is 11.9 Å². The standard InChI is InChI=1S/C13H12F3NO3/c1-12(11(19)20)5-6-17(12)10(18)8-3-2-4-9(7-8)13(14,15)16/h2-4,7H,5-6H2,1H3,(H,19,20). The number of alkyl halides is 3. The van der Waals surface area contributed by atoms with Crippen LogP contribution in [0.5, 0.6) is 0 Å². The van der Waals surface area contributed by atoms with Crippen molar-refractivity contribution in [3.63, 3.8) is 0 Å². The van der Waals surface area contributed by atoms with E-state index in [1.54, 1.807) is 0 Å². The van der Waals surface area contributed by atoms with Gasteiger partial charge in [-0.05, 0) is 31.5 Å². The van der Waals surface area contributed by atoms with E-state index in [4.69, 9.17) is 5.11 Å². The molecule has 108 valence electrons. The van der Waals surface area contributed by atoms with Crippen molar-refractivity contribution in [1.29, 1.82) is 0 Å². The van der Waals surface area contributed by atoms with Crippen molar-refractivity contribution < 1.29 is 27.9 Å². The molecule has 0 bridgehead atoms. The predicted molar refractivity (Wildman–Crippen MR) is 63.1 cm³/mol. The molecule has 1 atom stereocenters. The quantitative estimate of drug-likeness (QED) is 0.908. The molecule has 1 aromatic carbocycles. The molecule has 1 aliphatic rings. The van der Waals surface area contributed by atoms with Crippen LogP contribution in [0.1, 0.15) is 29.3 Å². The molecule has 1 amide bonds. The van der Waals surface area contributed by atoms with Gasteiger partial charge < -0.3 is 10.0 Å². The van der Waals surface area contributed by atoms with E-state index in [2.05, 4.69) is 0 Å². The molecular formula is C13H12F3NO3. The number of carbonyl (C=O) groups excluding carboxylic acids is 1. The molecule has 7 heteroatoms. The van der Waals surface area contributed by atoms with Crippen LogP contribution in [0.3, 0.4) is 0 Å². The molecule has 1 aromatic rings. The summed E-state index contributed by atoms with van der Waals surface area (Å²) in [7, 11) is 0. The molecule has 0 spiro atoms. The number of carboxylic acids is 1. The molecule has 1 fully saturated rings. The third-order valence-corrected chi connectivity index (χ3v) is 3.56. The lowest BCUT2D eigenvalue weighted by molar-refractivity contribution is -0.155. The molecule has 0 aromatic heterocycles. The molecule has 1 saturated heterocycles. The zero-order chi connectivity index (χ0) is 15.1. The SMILES string of the molecule is CC1(C(=O)O)CCN1C(=O)c1cccc(C(F)(F)F)c1. The summed E-state index contributed by atoms with van der Waals surface area (Å²) in [6.07, 6.45) is -4.26. The number of hydrogen-bond donors (Lipinski definition) is 1. The van der Waals surface area contributed by atoms with Crippen molar-refractivity contribution in [2.24, 2.45) is 0 Å². The number of aliphatic carboxylic acids is 1. The molecule has 4 nitrogen and oxygen atoms in total. The van der Waals surface area contributed by atoms with Crippen molar-refractivity contribution in [2.45, 2.75) is 25.1 Å².